The fourth-order valence-electron chi connectivity index (χ4n) is 10.4. The second-order valence-electron chi connectivity index (χ2n) is 18.3. The van der Waals surface area contributed by atoms with E-state index in [1.807, 2.05) is 45.2 Å². The molecule has 3 amide bonds. The summed E-state index contributed by atoms with van der Waals surface area (Å²) >= 11 is 2.37. The number of carbonyl (C=O) groups is 3. The van der Waals surface area contributed by atoms with Crippen molar-refractivity contribution in [2.75, 3.05) is 79.2 Å². The molecule has 11 atom stereocenters. The Balaban J connectivity index is 1.48. The van der Waals surface area contributed by atoms with Gasteiger partial charge in [-0.2, -0.15) is 9.97 Å². The average Bonchev–Trinajstić information content (AvgIpc) is 3.61. The Morgan fingerprint density at radius 2 is 1.80 bits per heavy atom. The lowest BCUT2D eigenvalue weighted by Gasteiger charge is -2.43. The minimum Gasteiger partial charge on any atom is -0.496 e. The number of aliphatic hydroxyl groups excluding tert-OH is 1. The SMILES string of the molecule is COc1c(CN2O[C@@H](CO)[C@@H](C(C)N=O)[C@H]2C(=O)N[C@H]2CCC[C@H](C(C)C)C2C)cccc1C1CC(N(C)C)CC(C(=O)N=C(CN(C)C)C(=O)N2CCOCC2)C1CI. The Morgan fingerprint density at radius 1 is 1.08 bits per heavy atom. The largest absolute Gasteiger partial charge is 0.496 e. The van der Waals surface area contributed by atoms with Crippen LogP contribution in [0, 0.1) is 40.4 Å². The number of nitrogens with zero attached hydrogens (tertiary/aromatic N) is 6. The van der Waals surface area contributed by atoms with Crippen molar-refractivity contribution in [3.63, 3.8) is 0 Å². The van der Waals surface area contributed by atoms with Crippen molar-refractivity contribution in [3.05, 3.63) is 34.2 Å². The lowest BCUT2D eigenvalue weighted by molar-refractivity contribution is -0.182. The lowest BCUT2D eigenvalue weighted by atomic mass is 9.67. The fraction of sp³-hybridized carbons (Fsp3) is 0.773. The molecule has 336 valence electrons. The summed E-state index contributed by atoms with van der Waals surface area (Å²) in [7, 11) is 9.42. The molecule has 4 aliphatic rings. The predicted molar refractivity (Wildman–Crippen MR) is 240 cm³/mol. The maximum Gasteiger partial charge on any atom is 0.269 e. The summed E-state index contributed by atoms with van der Waals surface area (Å²) in [6.45, 7) is 10.2. The summed E-state index contributed by atoms with van der Waals surface area (Å²) < 4.78 is 12.4. The molecule has 16 heteroatoms. The van der Waals surface area contributed by atoms with Gasteiger partial charge in [0.25, 0.3) is 5.91 Å². The maximum atomic E-state index is 14.5. The molecular weight excluding hydrogens is 881 g/mol. The van der Waals surface area contributed by atoms with Gasteiger partial charge in [-0.3, -0.25) is 19.2 Å². The number of nitroso groups, excluding NO2 is 1. The number of amides is 3. The number of carbonyl (C=O) groups excluding carboxylic acids is 3. The molecule has 2 heterocycles. The Bertz CT molecular complexity index is 1660. The van der Waals surface area contributed by atoms with Crippen LogP contribution in [0.1, 0.15) is 76.8 Å². The second-order valence-corrected chi connectivity index (χ2v) is 19.2. The van der Waals surface area contributed by atoms with Crippen LogP contribution in [0.4, 0.5) is 0 Å². The van der Waals surface area contributed by atoms with Crippen LogP contribution < -0.4 is 10.1 Å². The number of morpholine rings is 1. The topological polar surface area (TPSA) is 166 Å². The summed E-state index contributed by atoms with van der Waals surface area (Å²) in [5.41, 5.74) is 1.95. The molecule has 0 bridgehead atoms. The zero-order chi connectivity index (χ0) is 43.8. The fourth-order valence-corrected chi connectivity index (χ4v) is 11.6. The smallest absolute Gasteiger partial charge is 0.269 e. The number of nitrogens with one attached hydrogen (secondary N) is 1. The van der Waals surface area contributed by atoms with E-state index in [0.29, 0.717) is 54.7 Å². The Labute approximate surface area is 370 Å². The first-order valence-corrected chi connectivity index (χ1v) is 23.4. The Kier molecular flexibility index (Phi) is 17.9. The first-order chi connectivity index (χ1) is 28.6. The van der Waals surface area contributed by atoms with Crippen LogP contribution in [-0.4, -0.2) is 158 Å². The van der Waals surface area contributed by atoms with E-state index in [4.69, 9.17) is 14.3 Å². The number of methoxy groups -OCH3 is 1. The predicted octanol–water partition coefficient (Wildman–Crippen LogP) is 4.38. The van der Waals surface area contributed by atoms with Crippen molar-refractivity contribution in [1.82, 2.24) is 25.1 Å². The van der Waals surface area contributed by atoms with Gasteiger partial charge in [0.2, 0.25) is 11.8 Å². The van der Waals surface area contributed by atoms with Crippen LogP contribution in [0.15, 0.2) is 28.4 Å². The van der Waals surface area contributed by atoms with Crippen molar-refractivity contribution < 1.29 is 33.8 Å². The summed E-state index contributed by atoms with van der Waals surface area (Å²) in [4.78, 5) is 71.5. The summed E-state index contributed by atoms with van der Waals surface area (Å²) in [6.07, 6.45) is 3.59. The Morgan fingerprint density at radius 3 is 2.40 bits per heavy atom. The molecule has 5 rings (SSSR count). The molecule has 2 saturated heterocycles. The molecule has 2 aliphatic heterocycles. The Hall–Kier alpha value is -2.61. The number of hydroxylamine groups is 2. The number of alkyl halides is 1. The molecule has 0 aromatic heterocycles. The van der Waals surface area contributed by atoms with Gasteiger partial charge in [0.05, 0.1) is 39.5 Å². The third-order valence-electron chi connectivity index (χ3n) is 13.7. The summed E-state index contributed by atoms with van der Waals surface area (Å²) in [6, 6.07) is 4.32. The zero-order valence-electron chi connectivity index (χ0n) is 37.2. The molecule has 4 fully saturated rings. The molecule has 60 heavy (non-hydrogen) atoms. The first kappa shape index (κ1) is 48.4. The number of hydrogen-bond donors (Lipinski definition) is 2. The molecule has 0 radical (unpaired) electrons. The van der Waals surface area contributed by atoms with Crippen molar-refractivity contribution in [2.45, 2.75) is 103 Å². The van der Waals surface area contributed by atoms with Gasteiger partial charge >= 0.3 is 0 Å². The molecule has 1 aromatic carbocycles. The first-order valence-electron chi connectivity index (χ1n) is 21.8. The highest BCUT2D eigenvalue weighted by Gasteiger charge is 2.51. The van der Waals surface area contributed by atoms with E-state index in [-0.39, 0.29) is 73.0 Å². The molecule has 15 nitrogen and oxygen atoms in total. The van der Waals surface area contributed by atoms with Gasteiger partial charge in [0, 0.05) is 53.5 Å². The lowest BCUT2D eigenvalue weighted by Crippen LogP contribution is -2.54. The van der Waals surface area contributed by atoms with E-state index < -0.39 is 30.0 Å². The number of hydrogen-bond acceptors (Lipinski definition) is 12. The van der Waals surface area contributed by atoms with E-state index >= 15 is 0 Å². The molecule has 0 spiro atoms. The zero-order valence-corrected chi connectivity index (χ0v) is 39.4. The summed E-state index contributed by atoms with van der Waals surface area (Å²) in [5, 5.41) is 18.8. The average molecular weight is 952 g/mol. The van der Waals surface area contributed by atoms with Gasteiger partial charge in [0.1, 0.15) is 23.6 Å². The third kappa shape index (κ3) is 11.1. The number of aliphatic imine (C=N–C) groups is 1. The molecule has 2 saturated carbocycles. The van der Waals surface area contributed by atoms with E-state index in [1.165, 1.54) is 0 Å². The van der Waals surface area contributed by atoms with Crippen molar-refractivity contribution in [1.29, 1.82) is 0 Å². The highest BCUT2D eigenvalue weighted by Crippen LogP contribution is 2.48. The van der Waals surface area contributed by atoms with Crippen molar-refractivity contribution in [2.24, 2.45) is 45.7 Å². The second kappa shape index (κ2) is 22.1. The molecular formula is C44H70IN7O8. The molecule has 1 aromatic rings. The van der Waals surface area contributed by atoms with E-state index in [1.54, 1.807) is 24.0 Å². The number of halogens is 1. The number of ether oxygens (including phenoxy) is 2. The van der Waals surface area contributed by atoms with Crippen molar-refractivity contribution >= 4 is 46.0 Å². The van der Waals surface area contributed by atoms with Gasteiger partial charge in [-0.1, -0.05) is 73.2 Å². The van der Waals surface area contributed by atoms with Crippen LogP contribution in [-0.2, 0) is 30.5 Å². The minimum absolute atomic E-state index is 0.0238. The number of aliphatic hydroxyl groups is 1. The van der Waals surface area contributed by atoms with Gasteiger partial charge in [-0.25, -0.2) is 4.99 Å². The van der Waals surface area contributed by atoms with Gasteiger partial charge < -0.3 is 34.6 Å². The van der Waals surface area contributed by atoms with Crippen LogP contribution in [0.5, 0.6) is 5.75 Å². The quantitative estimate of drug-likeness (QED) is 0.105. The van der Waals surface area contributed by atoms with E-state index in [0.717, 1.165) is 36.8 Å². The van der Waals surface area contributed by atoms with Gasteiger partial charge in [-0.15, -0.1) is 0 Å². The van der Waals surface area contributed by atoms with Crippen LogP contribution in [0.3, 0.4) is 0 Å². The van der Waals surface area contributed by atoms with Gasteiger partial charge in [0.15, 0.2) is 0 Å². The maximum absolute atomic E-state index is 14.5. The normalized spacial score (nSPS) is 31.1. The van der Waals surface area contributed by atoms with E-state index in [9.17, 15) is 24.4 Å². The van der Waals surface area contributed by atoms with Crippen LogP contribution in [0.25, 0.3) is 0 Å². The van der Waals surface area contributed by atoms with E-state index in [2.05, 4.69) is 69.8 Å². The number of benzene rings is 1. The third-order valence-corrected chi connectivity index (χ3v) is 14.7. The van der Waals surface area contributed by atoms with Crippen LogP contribution in [0.2, 0.25) is 0 Å². The monoisotopic (exact) mass is 951 g/mol. The molecule has 2 N–H and O–H groups in total. The highest BCUT2D eigenvalue weighted by atomic mass is 127. The number of rotatable bonds is 16. The highest BCUT2D eigenvalue weighted by molar-refractivity contribution is 14.1. The molecule has 2 aliphatic carbocycles. The number of para-hydroxylation sites is 1. The standard InChI is InChI=1S/C44H70IN7O8/c1-26(2)31-13-11-15-36(27(31)3)46-43(55)40-39(28(4)48-57)38(25-53)60-52(40)23-29-12-10-14-32(41(29)58-9)33-20-30(50(7)8)21-34(35(33)22-45)42(54)47-37(24-49(5)6)44(56)51-16-18-59-19-17-51/h10,12,14,26-28,30-31,33-36,38-40,53H,11,13,15-25H2,1-9H3,(H,46,55)/t27?,28?,30?,31-,33?,34?,35?,36+,38+,39-,40+/m1/s1. The van der Waals surface area contributed by atoms with Crippen LogP contribution >= 0.6 is 22.6 Å². The van der Waals surface area contributed by atoms with Crippen molar-refractivity contribution in [3.8, 4) is 5.75 Å². The minimum atomic E-state index is -0.888. The molecule has 6 unspecified atom stereocenters. The van der Waals surface area contributed by atoms with Gasteiger partial charge in [-0.05, 0) is 96.0 Å². The summed E-state index contributed by atoms with van der Waals surface area (Å²) in [5.74, 6) is -0.207.